The summed E-state index contributed by atoms with van der Waals surface area (Å²) in [5.74, 6) is 2.05. The number of nitrogens with zero attached hydrogens (tertiary/aromatic N) is 4. The Bertz CT molecular complexity index is 471. The summed E-state index contributed by atoms with van der Waals surface area (Å²) >= 11 is 0. The molecule has 130 valence electrons. The van der Waals surface area contributed by atoms with Gasteiger partial charge in [0, 0.05) is 38.6 Å². The van der Waals surface area contributed by atoms with Crippen molar-refractivity contribution >= 4 is 0 Å². The lowest BCUT2D eigenvalue weighted by atomic mass is 9.95. The number of hydrogen-bond donors (Lipinski definition) is 0. The molecule has 0 bridgehead atoms. The number of ether oxygens (including phenoxy) is 1. The van der Waals surface area contributed by atoms with Crippen molar-refractivity contribution in [2.75, 3.05) is 32.7 Å². The molecule has 1 aromatic heterocycles. The number of likely N-dealkylation sites (tertiary alicyclic amines) is 1. The summed E-state index contributed by atoms with van der Waals surface area (Å²) in [5, 5.41) is 0. The summed E-state index contributed by atoms with van der Waals surface area (Å²) in [4.78, 5) is 9.69. The van der Waals surface area contributed by atoms with Crippen LogP contribution in [0.5, 0.6) is 0 Å². The summed E-state index contributed by atoms with van der Waals surface area (Å²) in [6.45, 7) is 14.4. The second kappa shape index (κ2) is 7.77. The maximum atomic E-state index is 5.84. The number of piperidine rings is 1. The first-order valence-corrected chi connectivity index (χ1v) is 9.24. The maximum Gasteiger partial charge on any atom is 0.122 e. The van der Waals surface area contributed by atoms with Gasteiger partial charge in [0.05, 0.1) is 18.8 Å². The Morgan fingerprint density at radius 2 is 1.83 bits per heavy atom. The van der Waals surface area contributed by atoms with Crippen molar-refractivity contribution in [3.05, 3.63) is 18.2 Å². The molecule has 1 aromatic rings. The van der Waals surface area contributed by atoms with Gasteiger partial charge < -0.3 is 9.30 Å². The number of aromatic nitrogens is 2. The third-order valence-corrected chi connectivity index (χ3v) is 5.23. The number of hydrogen-bond acceptors (Lipinski definition) is 4. The fraction of sp³-hybridized carbons (Fsp3) is 0.833. The van der Waals surface area contributed by atoms with E-state index in [0.717, 1.165) is 32.1 Å². The third kappa shape index (κ3) is 4.55. The van der Waals surface area contributed by atoms with Gasteiger partial charge in [0.25, 0.3) is 0 Å². The largest absolute Gasteiger partial charge is 0.373 e. The minimum absolute atomic E-state index is 0.381. The SMILES string of the molecule is CCn1ccnc1CN1CCC(CN2CC(C)OC(C)C2)CC1. The second-order valence-electron chi connectivity index (χ2n) is 7.32. The average Bonchev–Trinajstić information content (AvgIpc) is 2.95. The highest BCUT2D eigenvalue weighted by Crippen LogP contribution is 2.21. The fourth-order valence-corrected chi connectivity index (χ4v) is 4.11. The van der Waals surface area contributed by atoms with Crippen LogP contribution in [0.3, 0.4) is 0 Å². The van der Waals surface area contributed by atoms with E-state index in [1.54, 1.807) is 0 Å². The normalized spacial score (nSPS) is 28.3. The van der Waals surface area contributed by atoms with E-state index in [0.29, 0.717) is 12.2 Å². The van der Waals surface area contributed by atoms with Crippen LogP contribution in [-0.2, 0) is 17.8 Å². The molecule has 2 aliphatic heterocycles. The molecule has 2 unspecified atom stereocenters. The topological polar surface area (TPSA) is 33.5 Å². The van der Waals surface area contributed by atoms with Gasteiger partial charge in [-0.15, -0.1) is 0 Å². The first-order chi connectivity index (χ1) is 11.1. The highest BCUT2D eigenvalue weighted by atomic mass is 16.5. The smallest absolute Gasteiger partial charge is 0.122 e. The van der Waals surface area contributed by atoms with Gasteiger partial charge in [0.15, 0.2) is 0 Å². The van der Waals surface area contributed by atoms with Crippen molar-refractivity contribution in [1.29, 1.82) is 0 Å². The second-order valence-corrected chi connectivity index (χ2v) is 7.32. The lowest BCUT2D eigenvalue weighted by molar-refractivity contribution is -0.0732. The minimum atomic E-state index is 0.381. The van der Waals surface area contributed by atoms with Gasteiger partial charge in [-0.2, -0.15) is 0 Å². The molecule has 3 rings (SSSR count). The Morgan fingerprint density at radius 3 is 2.48 bits per heavy atom. The van der Waals surface area contributed by atoms with Gasteiger partial charge >= 0.3 is 0 Å². The molecule has 3 heterocycles. The first-order valence-electron chi connectivity index (χ1n) is 9.24. The zero-order chi connectivity index (χ0) is 16.2. The molecule has 0 aliphatic carbocycles. The van der Waals surface area contributed by atoms with E-state index in [2.05, 4.69) is 46.3 Å². The van der Waals surface area contributed by atoms with Gasteiger partial charge in [-0.05, 0) is 52.6 Å². The van der Waals surface area contributed by atoms with Crippen LogP contribution in [-0.4, -0.2) is 64.3 Å². The molecule has 5 heteroatoms. The molecule has 2 atom stereocenters. The van der Waals surface area contributed by atoms with Crippen LogP contribution < -0.4 is 0 Å². The van der Waals surface area contributed by atoms with Gasteiger partial charge in [0.2, 0.25) is 0 Å². The Labute approximate surface area is 140 Å². The van der Waals surface area contributed by atoms with E-state index >= 15 is 0 Å². The summed E-state index contributed by atoms with van der Waals surface area (Å²) in [6.07, 6.45) is 7.40. The maximum absolute atomic E-state index is 5.84. The van der Waals surface area contributed by atoms with Gasteiger partial charge in [0.1, 0.15) is 5.82 Å². The minimum Gasteiger partial charge on any atom is -0.373 e. The molecule has 23 heavy (non-hydrogen) atoms. The molecule has 0 spiro atoms. The zero-order valence-corrected chi connectivity index (χ0v) is 14.9. The van der Waals surface area contributed by atoms with E-state index in [1.807, 2.05) is 6.20 Å². The van der Waals surface area contributed by atoms with Crippen molar-refractivity contribution in [2.45, 2.75) is 58.9 Å². The quantitative estimate of drug-likeness (QED) is 0.833. The molecule has 2 fully saturated rings. The number of aryl methyl sites for hydroxylation is 1. The van der Waals surface area contributed by atoms with Crippen molar-refractivity contribution < 1.29 is 4.74 Å². The number of rotatable bonds is 5. The Kier molecular flexibility index (Phi) is 5.72. The molecular formula is C18H32N4O. The lowest BCUT2D eigenvalue weighted by Crippen LogP contribution is -2.48. The zero-order valence-electron chi connectivity index (χ0n) is 14.9. The Balaban J connectivity index is 1.43. The van der Waals surface area contributed by atoms with E-state index in [1.165, 1.54) is 38.3 Å². The van der Waals surface area contributed by atoms with Crippen LogP contribution >= 0.6 is 0 Å². The van der Waals surface area contributed by atoms with Crippen LogP contribution in [0.2, 0.25) is 0 Å². The van der Waals surface area contributed by atoms with Crippen LogP contribution in [0.25, 0.3) is 0 Å². The van der Waals surface area contributed by atoms with Gasteiger partial charge in [-0.1, -0.05) is 0 Å². The number of imidazole rings is 1. The van der Waals surface area contributed by atoms with Crippen molar-refractivity contribution in [1.82, 2.24) is 19.4 Å². The Hall–Kier alpha value is -0.910. The summed E-state index contributed by atoms with van der Waals surface area (Å²) in [6, 6.07) is 0. The average molecular weight is 320 g/mol. The van der Waals surface area contributed by atoms with E-state index in [-0.39, 0.29) is 0 Å². The summed E-state index contributed by atoms with van der Waals surface area (Å²) in [5.41, 5.74) is 0. The molecule has 0 aromatic carbocycles. The molecular weight excluding hydrogens is 288 g/mol. The predicted octanol–water partition coefficient (Wildman–Crippen LogP) is 2.22. The first kappa shape index (κ1) is 16.9. The lowest BCUT2D eigenvalue weighted by Gasteiger charge is -2.39. The van der Waals surface area contributed by atoms with Gasteiger partial charge in [-0.3, -0.25) is 9.80 Å². The monoisotopic (exact) mass is 320 g/mol. The molecule has 0 N–H and O–H groups in total. The summed E-state index contributed by atoms with van der Waals surface area (Å²) in [7, 11) is 0. The highest BCUT2D eigenvalue weighted by Gasteiger charge is 2.26. The number of morpholine rings is 1. The highest BCUT2D eigenvalue weighted by molar-refractivity contribution is 4.93. The third-order valence-electron chi connectivity index (χ3n) is 5.23. The Morgan fingerprint density at radius 1 is 1.13 bits per heavy atom. The molecule has 0 amide bonds. The van der Waals surface area contributed by atoms with Crippen LogP contribution in [0.15, 0.2) is 12.4 Å². The molecule has 0 radical (unpaired) electrons. The standard InChI is InChI=1S/C18H32N4O/c1-4-22-10-7-19-18(22)14-20-8-5-17(6-9-20)13-21-11-15(2)23-16(3)12-21/h7,10,15-17H,4-6,8-9,11-14H2,1-3H3. The molecule has 2 aliphatic rings. The van der Waals surface area contributed by atoms with Crippen molar-refractivity contribution in [3.63, 3.8) is 0 Å². The van der Waals surface area contributed by atoms with E-state index in [9.17, 15) is 0 Å². The molecule has 5 nitrogen and oxygen atoms in total. The van der Waals surface area contributed by atoms with Crippen molar-refractivity contribution in [2.24, 2.45) is 5.92 Å². The summed E-state index contributed by atoms with van der Waals surface area (Å²) < 4.78 is 8.10. The van der Waals surface area contributed by atoms with Crippen molar-refractivity contribution in [3.8, 4) is 0 Å². The van der Waals surface area contributed by atoms with E-state index < -0.39 is 0 Å². The van der Waals surface area contributed by atoms with Crippen LogP contribution in [0, 0.1) is 5.92 Å². The molecule has 2 saturated heterocycles. The van der Waals surface area contributed by atoms with Gasteiger partial charge in [-0.25, -0.2) is 4.98 Å². The predicted molar refractivity (Wildman–Crippen MR) is 92.4 cm³/mol. The van der Waals surface area contributed by atoms with E-state index in [4.69, 9.17) is 4.74 Å². The van der Waals surface area contributed by atoms with Crippen LogP contribution in [0.4, 0.5) is 0 Å². The fourth-order valence-electron chi connectivity index (χ4n) is 4.11. The van der Waals surface area contributed by atoms with Crippen LogP contribution in [0.1, 0.15) is 39.4 Å². The molecule has 0 saturated carbocycles.